The van der Waals surface area contributed by atoms with E-state index in [2.05, 4.69) is 4.74 Å². The van der Waals surface area contributed by atoms with Gasteiger partial charge in [0, 0.05) is 6.54 Å². The van der Waals surface area contributed by atoms with Gasteiger partial charge in [0.2, 0.25) is 0 Å². The van der Waals surface area contributed by atoms with Crippen molar-refractivity contribution >= 4 is 22.3 Å². The summed E-state index contributed by atoms with van der Waals surface area (Å²) in [7, 11) is -4.13. The molecule has 0 spiro atoms. The first-order valence-corrected chi connectivity index (χ1v) is 6.99. The first-order valence-electron chi connectivity index (χ1n) is 5.55. The number of ether oxygens (including phenoxy) is 2. The summed E-state index contributed by atoms with van der Waals surface area (Å²) in [5.74, 6) is -1.26. The molecule has 1 unspecified atom stereocenters. The number of amides is 1. The van der Waals surface area contributed by atoms with Crippen molar-refractivity contribution in [1.82, 2.24) is 9.03 Å². The molecule has 0 radical (unpaired) electrons. The summed E-state index contributed by atoms with van der Waals surface area (Å²) in [6.07, 6.45) is -2.81. The molecule has 0 bridgehead atoms. The third kappa shape index (κ3) is 4.65. The van der Waals surface area contributed by atoms with E-state index in [-0.39, 0.29) is 19.7 Å². The lowest BCUT2D eigenvalue weighted by Crippen LogP contribution is -2.53. The van der Waals surface area contributed by atoms with E-state index in [0.717, 1.165) is 4.31 Å². The summed E-state index contributed by atoms with van der Waals surface area (Å²) >= 11 is 0. The Bertz CT molecular complexity index is 447. The van der Waals surface area contributed by atoms with E-state index in [1.165, 1.54) is 0 Å². The Labute approximate surface area is 110 Å². The second-order valence-corrected chi connectivity index (χ2v) is 5.79. The molecule has 0 saturated carbocycles. The van der Waals surface area contributed by atoms with E-state index in [4.69, 9.17) is 9.84 Å². The van der Waals surface area contributed by atoms with Crippen molar-refractivity contribution in [3.8, 4) is 0 Å². The average molecular weight is 296 g/mol. The summed E-state index contributed by atoms with van der Waals surface area (Å²) < 4.78 is 35.7. The van der Waals surface area contributed by atoms with Gasteiger partial charge in [0.25, 0.3) is 0 Å². The van der Waals surface area contributed by atoms with E-state index in [1.807, 2.05) is 0 Å². The van der Waals surface area contributed by atoms with Gasteiger partial charge in [-0.05, 0) is 13.8 Å². The Kier molecular flexibility index (Phi) is 5.09. The molecular weight excluding hydrogens is 280 g/mol. The molecule has 19 heavy (non-hydrogen) atoms. The number of aliphatic carboxylic acids is 1. The van der Waals surface area contributed by atoms with Crippen LogP contribution in [0.1, 0.15) is 13.8 Å². The third-order valence-corrected chi connectivity index (χ3v) is 3.64. The van der Waals surface area contributed by atoms with Crippen LogP contribution in [-0.4, -0.2) is 61.8 Å². The highest BCUT2D eigenvalue weighted by atomic mass is 32.2. The van der Waals surface area contributed by atoms with Gasteiger partial charge in [0.1, 0.15) is 0 Å². The molecule has 1 saturated heterocycles. The van der Waals surface area contributed by atoms with E-state index in [1.54, 1.807) is 18.6 Å². The van der Waals surface area contributed by atoms with Crippen LogP contribution in [0.15, 0.2) is 0 Å². The van der Waals surface area contributed by atoms with Gasteiger partial charge in [-0.15, -0.1) is 0 Å². The molecule has 0 aromatic heterocycles. The van der Waals surface area contributed by atoms with Crippen molar-refractivity contribution in [2.24, 2.45) is 0 Å². The highest BCUT2D eigenvalue weighted by molar-refractivity contribution is 7.87. The van der Waals surface area contributed by atoms with Crippen molar-refractivity contribution in [3.63, 3.8) is 0 Å². The fourth-order valence-corrected chi connectivity index (χ4v) is 2.44. The summed E-state index contributed by atoms with van der Waals surface area (Å²) in [4.78, 5) is 22.0. The molecule has 110 valence electrons. The van der Waals surface area contributed by atoms with E-state index in [9.17, 15) is 18.0 Å². The van der Waals surface area contributed by atoms with Gasteiger partial charge in [0.05, 0.1) is 19.3 Å². The van der Waals surface area contributed by atoms with Crippen molar-refractivity contribution in [2.45, 2.75) is 26.1 Å². The number of carbonyl (C=O) groups is 2. The number of carboxylic acids is 1. The lowest BCUT2D eigenvalue weighted by atomic mass is 10.3. The Morgan fingerprint density at radius 1 is 1.47 bits per heavy atom. The number of carbonyl (C=O) groups excluding carboxylic acids is 1. The number of morpholine rings is 1. The molecule has 9 nitrogen and oxygen atoms in total. The molecule has 1 fully saturated rings. The minimum absolute atomic E-state index is 0.0337. The van der Waals surface area contributed by atoms with Crippen LogP contribution in [0.2, 0.25) is 0 Å². The van der Waals surface area contributed by atoms with Crippen LogP contribution in [0.4, 0.5) is 4.79 Å². The molecule has 1 rings (SSSR count). The zero-order valence-corrected chi connectivity index (χ0v) is 11.3. The Morgan fingerprint density at radius 3 is 2.63 bits per heavy atom. The maximum atomic E-state index is 11.8. The summed E-state index contributed by atoms with van der Waals surface area (Å²) in [5.41, 5.74) is 0. The monoisotopic (exact) mass is 296 g/mol. The SMILES string of the molecule is CC(C)OC(=O)NS(=O)(=O)N1CCOC(C(=O)O)C1. The standard InChI is InChI=1S/C9H16N2O7S/c1-6(2)18-9(14)10-19(15,16)11-3-4-17-7(5-11)8(12)13/h6-7H,3-5H2,1-2H3,(H,10,14)(H,12,13). The van der Waals surface area contributed by atoms with Crippen molar-refractivity contribution in [3.05, 3.63) is 0 Å². The summed E-state index contributed by atoms with van der Waals surface area (Å²) in [6.45, 7) is 2.69. The molecule has 0 aliphatic carbocycles. The lowest BCUT2D eigenvalue weighted by molar-refractivity contribution is -0.153. The Morgan fingerprint density at radius 2 is 2.11 bits per heavy atom. The van der Waals surface area contributed by atoms with Gasteiger partial charge in [0.15, 0.2) is 6.10 Å². The molecular formula is C9H16N2O7S. The maximum Gasteiger partial charge on any atom is 0.422 e. The molecule has 0 aromatic carbocycles. The van der Waals surface area contributed by atoms with E-state index >= 15 is 0 Å². The fraction of sp³-hybridized carbons (Fsp3) is 0.778. The highest BCUT2D eigenvalue weighted by Crippen LogP contribution is 2.09. The van der Waals surface area contributed by atoms with Gasteiger partial charge in [-0.1, -0.05) is 0 Å². The second-order valence-electron chi connectivity index (χ2n) is 4.12. The largest absolute Gasteiger partial charge is 0.479 e. The van der Waals surface area contributed by atoms with Crippen LogP contribution < -0.4 is 4.72 Å². The molecule has 1 aliphatic heterocycles. The number of nitrogens with one attached hydrogen (secondary N) is 1. The topological polar surface area (TPSA) is 122 Å². The molecule has 10 heteroatoms. The quantitative estimate of drug-likeness (QED) is 0.692. The smallest absolute Gasteiger partial charge is 0.422 e. The van der Waals surface area contributed by atoms with Crippen molar-refractivity contribution in [2.75, 3.05) is 19.7 Å². The predicted octanol–water partition coefficient (Wildman–Crippen LogP) is -0.849. The third-order valence-electron chi connectivity index (χ3n) is 2.20. The average Bonchev–Trinajstić information content (AvgIpc) is 2.27. The molecule has 1 aliphatic rings. The molecule has 1 atom stereocenters. The minimum atomic E-state index is -4.13. The van der Waals surface area contributed by atoms with Crippen molar-refractivity contribution < 1.29 is 32.6 Å². The number of hydrogen-bond acceptors (Lipinski definition) is 6. The van der Waals surface area contributed by atoms with Crippen LogP contribution in [0.3, 0.4) is 0 Å². The molecule has 2 N–H and O–H groups in total. The van der Waals surface area contributed by atoms with E-state index < -0.39 is 34.5 Å². The van der Waals surface area contributed by atoms with Crippen molar-refractivity contribution in [1.29, 1.82) is 0 Å². The number of nitrogens with zero attached hydrogens (tertiary/aromatic N) is 1. The second kappa shape index (κ2) is 6.17. The summed E-state index contributed by atoms with van der Waals surface area (Å²) in [5, 5.41) is 8.76. The van der Waals surface area contributed by atoms with Crippen LogP contribution in [-0.2, 0) is 24.5 Å². The Balaban J connectivity index is 2.66. The number of carboxylic acid groups (broad SMARTS) is 1. The highest BCUT2D eigenvalue weighted by Gasteiger charge is 2.34. The van der Waals surface area contributed by atoms with Gasteiger partial charge in [-0.3, -0.25) is 0 Å². The normalized spacial score (nSPS) is 21.1. The van der Waals surface area contributed by atoms with Gasteiger partial charge < -0.3 is 14.6 Å². The number of hydrogen-bond donors (Lipinski definition) is 2. The number of rotatable bonds is 4. The van der Waals surface area contributed by atoms with Gasteiger partial charge >= 0.3 is 22.3 Å². The first kappa shape index (κ1) is 15.7. The van der Waals surface area contributed by atoms with E-state index in [0.29, 0.717) is 0 Å². The fourth-order valence-electron chi connectivity index (χ4n) is 1.40. The minimum Gasteiger partial charge on any atom is -0.479 e. The van der Waals surface area contributed by atoms with Crippen LogP contribution >= 0.6 is 0 Å². The van der Waals surface area contributed by atoms with Crippen LogP contribution in [0.25, 0.3) is 0 Å². The Hall–Kier alpha value is -1.39. The zero-order valence-electron chi connectivity index (χ0n) is 10.5. The molecule has 0 aromatic rings. The maximum absolute atomic E-state index is 11.8. The molecule has 1 heterocycles. The zero-order chi connectivity index (χ0) is 14.6. The van der Waals surface area contributed by atoms with Crippen LogP contribution in [0, 0.1) is 0 Å². The summed E-state index contributed by atoms with van der Waals surface area (Å²) in [6, 6.07) is 0. The molecule has 1 amide bonds. The predicted molar refractivity (Wildman–Crippen MR) is 62.6 cm³/mol. The first-order chi connectivity index (χ1) is 8.72. The van der Waals surface area contributed by atoms with Gasteiger partial charge in [-0.2, -0.15) is 12.7 Å². The van der Waals surface area contributed by atoms with Gasteiger partial charge in [-0.25, -0.2) is 14.3 Å². The lowest BCUT2D eigenvalue weighted by Gasteiger charge is -2.29. The van der Waals surface area contributed by atoms with Crippen LogP contribution in [0.5, 0.6) is 0 Å².